The summed E-state index contributed by atoms with van der Waals surface area (Å²) in [5.41, 5.74) is 2.05. The van der Waals surface area contributed by atoms with Gasteiger partial charge in [-0.2, -0.15) is 5.10 Å². The fraction of sp³-hybridized carbons (Fsp3) is 0.600. The molecule has 1 aromatic rings. The maximum Gasteiger partial charge on any atom is 0.246 e. The van der Waals surface area contributed by atoms with Gasteiger partial charge in [-0.25, -0.2) is 5.01 Å². The van der Waals surface area contributed by atoms with Crippen LogP contribution in [0.3, 0.4) is 0 Å². The molecule has 1 aliphatic heterocycles. The Bertz CT molecular complexity index is 677. The van der Waals surface area contributed by atoms with E-state index in [0.717, 1.165) is 55.1 Å². The van der Waals surface area contributed by atoms with E-state index in [2.05, 4.69) is 15.9 Å². The first-order chi connectivity index (χ1) is 12.7. The number of benzene rings is 1. The first kappa shape index (κ1) is 19.2. The van der Waals surface area contributed by atoms with Gasteiger partial charge in [0, 0.05) is 29.3 Å². The minimum Gasteiger partial charge on any atom is -0.493 e. The van der Waals surface area contributed by atoms with Gasteiger partial charge in [0.2, 0.25) is 5.91 Å². The lowest BCUT2D eigenvalue weighted by Gasteiger charge is -2.38. The van der Waals surface area contributed by atoms with Gasteiger partial charge >= 0.3 is 0 Å². The normalized spacial score (nSPS) is 22.7. The highest BCUT2D eigenvalue weighted by atomic mass is 79.9. The standard InChI is InChI=1S/C20H27BrN2O3/c1-25-17-10-9-14(13-18(17)26-2)19-15-7-3-4-8-16(15)20(24)23(22-19)12-6-5-11-21/h9-10,13,15-16H,3-8,11-12H2,1-2H3. The van der Waals surface area contributed by atoms with Crippen LogP contribution in [0.5, 0.6) is 11.5 Å². The summed E-state index contributed by atoms with van der Waals surface area (Å²) in [5, 5.41) is 7.47. The van der Waals surface area contributed by atoms with E-state index in [-0.39, 0.29) is 17.7 Å². The molecule has 1 heterocycles. The lowest BCUT2D eigenvalue weighted by atomic mass is 9.73. The molecule has 0 radical (unpaired) electrons. The molecule has 1 fully saturated rings. The van der Waals surface area contributed by atoms with E-state index in [0.29, 0.717) is 18.0 Å². The molecule has 0 spiro atoms. The van der Waals surface area contributed by atoms with Crippen LogP contribution in [0.25, 0.3) is 0 Å². The Morgan fingerprint density at radius 2 is 1.85 bits per heavy atom. The quantitative estimate of drug-likeness (QED) is 0.487. The molecule has 5 nitrogen and oxygen atoms in total. The first-order valence-corrected chi connectivity index (χ1v) is 10.5. The van der Waals surface area contributed by atoms with Crippen molar-refractivity contribution in [3.05, 3.63) is 23.8 Å². The van der Waals surface area contributed by atoms with Gasteiger partial charge < -0.3 is 9.47 Å². The molecular formula is C20H27BrN2O3. The minimum absolute atomic E-state index is 0.0633. The molecule has 0 bridgehead atoms. The lowest BCUT2D eigenvalue weighted by Crippen LogP contribution is -2.46. The molecule has 142 valence electrons. The first-order valence-electron chi connectivity index (χ1n) is 9.37. The van der Waals surface area contributed by atoms with Crippen molar-refractivity contribution in [1.29, 1.82) is 0 Å². The predicted molar refractivity (Wildman–Crippen MR) is 106 cm³/mol. The summed E-state index contributed by atoms with van der Waals surface area (Å²) in [6.45, 7) is 0.685. The molecule has 1 saturated carbocycles. The van der Waals surface area contributed by atoms with Crippen molar-refractivity contribution in [3.63, 3.8) is 0 Å². The number of alkyl halides is 1. The van der Waals surface area contributed by atoms with Crippen molar-refractivity contribution in [2.45, 2.75) is 38.5 Å². The Hall–Kier alpha value is -1.56. The zero-order valence-corrected chi connectivity index (χ0v) is 17.1. The second-order valence-electron chi connectivity index (χ2n) is 6.91. The third-order valence-corrected chi connectivity index (χ3v) is 5.91. The molecule has 2 unspecified atom stereocenters. The molecule has 26 heavy (non-hydrogen) atoms. The zero-order valence-electron chi connectivity index (χ0n) is 15.5. The number of fused-ring (bicyclic) bond motifs is 1. The largest absolute Gasteiger partial charge is 0.493 e. The van der Waals surface area contributed by atoms with Crippen molar-refractivity contribution in [3.8, 4) is 11.5 Å². The number of ether oxygens (including phenoxy) is 2. The van der Waals surface area contributed by atoms with Crippen LogP contribution in [0.15, 0.2) is 23.3 Å². The summed E-state index contributed by atoms with van der Waals surface area (Å²) in [6, 6.07) is 5.92. The molecule has 6 heteroatoms. The molecule has 1 aliphatic carbocycles. The van der Waals surface area contributed by atoms with E-state index < -0.39 is 0 Å². The Kier molecular flexibility index (Phi) is 6.57. The number of rotatable bonds is 7. The van der Waals surface area contributed by atoms with E-state index in [1.807, 2.05) is 18.2 Å². The third-order valence-electron chi connectivity index (χ3n) is 5.35. The molecule has 0 N–H and O–H groups in total. The summed E-state index contributed by atoms with van der Waals surface area (Å²) in [6.07, 6.45) is 6.27. The minimum atomic E-state index is 0.0633. The second-order valence-corrected chi connectivity index (χ2v) is 7.70. The second kappa shape index (κ2) is 8.89. The Morgan fingerprint density at radius 1 is 1.12 bits per heavy atom. The number of carbonyl (C=O) groups excluding carboxylic acids is 1. The summed E-state index contributed by atoms with van der Waals surface area (Å²) in [7, 11) is 3.28. The van der Waals surface area contributed by atoms with Gasteiger partial charge in [0.25, 0.3) is 0 Å². The highest BCUT2D eigenvalue weighted by Gasteiger charge is 2.41. The van der Waals surface area contributed by atoms with Crippen molar-refractivity contribution < 1.29 is 14.3 Å². The van der Waals surface area contributed by atoms with Crippen molar-refractivity contribution in [1.82, 2.24) is 5.01 Å². The van der Waals surface area contributed by atoms with E-state index in [1.54, 1.807) is 19.2 Å². The smallest absolute Gasteiger partial charge is 0.246 e. The molecule has 1 amide bonds. The van der Waals surface area contributed by atoms with Crippen LogP contribution >= 0.6 is 15.9 Å². The van der Waals surface area contributed by atoms with Gasteiger partial charge in [0.1, 0.15) is 0 Å². The number of hydrogen-bond donors (Lipinski definition) is 0. The average Bonchev–Trinajstić information content (AvgIpc) is 2.69. The Labute approximate surface area is 163 Å². The highest BCUT2D eigenvalue weighted by molar-refractivity contribution is 9.09. The number of unbranched alkanes of at least 4 members (excludes halogenated alkanes) is 1. The van der Waals surface area contributed by atoms with E-state index >= 15 is 0 Å². The number of carbonyl (C=O) groups is 1. The van der Waals surface area contributed by atoms with Gasteiger partial charge in [-0.1, -0.05) is 28.8 Å². The van der Waals surface area contributed by atoms with Gasteiger partial charge in [-0.3, -0.25) is 4.79 Å². The van der Waals surface area contributed by atoms with Crippen LogP contribution in [0.2, 0.25) is 0 Å². The molecule has 1 aromatic carbocycles. The average molecular weight is 423 g/mol. The molecule has 2 aliphatic rings. The topological polar surface area (TPSA) is 51.1 Å². The van der Waals surface area contributed by atoms with E-state index in [1.165, 1.54) is 0 Å². The molecule has 0 aromatic heterocycles. The van der Waals surface area contributed by atoms with Crippen LogP contribution in [-0.2, 0) is 4.79 Å². The predicted octanol–water partition coefficient (Wildman–Crippen LogP) is 4.23. The number of nitrogens with zero attached hydrogens (tertiary/aromatic N) is 2. The van der Waals surface area contributed by atoms with Gasteiger partial charge in [-0.05, 0) is 43.9 Å². The van der Waals surface area contributed by atoms with E-state index in [9.17, 15) is 4.79 Å². The lowest BCUT2D eigenvalue weighted by molar-refractivity contribution is -0.139. The maximum atomic E-state index is 12.9. The fourth-order valence-electron chi connectivity index (χ4n) is 3.98. The number of hydrogen-bond acceptors (Lipinski definition) is 4. The number of hydrazone groups is 1. The van der Waals surface area contributed by atoms with Crippen molar-refractivity contribution in [2.75, 3.05) is 26.1 Å². The fourth-order valence-corrected chi connectivity index (χ4v) is 4.38. The summed E-state index contributed by atoms with van der Waals surface area (Å²) in [4.78, 5) is 12.9. The van der Waals surface area contributed by atoms with Crippen molar-refractivity contribution >= 4 is 27.5 Å². The number of methoxy groups -OCH3 is 2. The highest BCUT2D eigenvalue weighted by Crippen LogP contribution is 2.39. The van der Waals surface area contributed by atoms with Crippen LogP contribution in [0.4, 0.5) is 0 Å². The maximum absolute atomic E-state index is 12.9. The molecule has 0 saturated heterocycles. The van der Waals surface area contributed by atoms with Gasteiger partial charge in [0.15, 0.2) is 11.5 Å². The molecule has 2 atom stereocenters. The zero-order chi connectivity index (χ0) is 18.5. The number of halogens is 1. The van der Waals surface area contributed by atoms with Gasteiger partial charge in [0.05, 0.1) is 19.9 Å². The van der Waals surface area contributed by atoms with E-state index in [4.69, 9.17) is 14.6 Å². The number of amides is 1. The van der Waals surface area contributed by atoms with Crippen LogP contribution < -0.4 is 9.47 Å². The monoisotopic (exact) mass is 422 g/mol. The Morgan fingerprint density at radius 3 is 2.54 bits per heavy atom. The van der Waals surface area contributed by atoms with Crippen molar-refractivity contribution in [2.24, 2.45) is 16.9 Å². The molecular weight excluding hydrogens is 396 g/mol. The SMILES string of the molecule is COc1ccc(C2=NN(CCCCBr)C(=O)C3CCCCC23)cc1OC. The van der Waals surface area contributed by atoms with Crippen LogP contribution in [-0.4, -0.2) is 42.7 Å². The molecule has 3 rings (SSSR count). The van der Waals surface area contributed by atoms with Crippen LogP contribution in [0.1, 0.15) is 44.1 Å². The summed E-state index contributed by atoms with van der Waals surface area (Å²) < 4.78 is 10.8. The van der Waals surface area contributed by atoms with Crippen LogP contribution in [0, 0.1) is 11.8 Å². The Balaban J connectivity index is 1.95. The van der Waals surface area contributed by atoms with Gasteiger partial charge in [-0.15, -0.1) is 0 Å². The third kappa shape index (κ3) is 3.90. The summed E-state index contributed by atoms with van der Waals surface area (Å²) in [5.74, 6) is 1.88. The summed E-state index contributed by atoms with van der Waals surface area (Å²) >= 11 is 3.46.